The van der Waals surface area contributed by atoms with Crippen LogP contribution in [-0.4, -0.2) is 18.3 Å². The number of benzene rings is 13. The molecule has 127 heavy (non-hydrogen) atoms. The molecule has 0 N–H and O–H groups in total. The lowest BCUT2D eigenvalue weighted by atomic mass is 9.92. The molecule has 8 heterocycles. The predicted molar refractivity (Wildman–Crippen MR) is 485 cm³/mol. The molecule has 0 saturated carbocycles. The van der Waals surface area contributed by atoms with E-state index in [-0.39, 0.29) is 22.3 Å². The molecule has 21 aromatic rings. The maximum Gasteiger partial charge on any atom is 0.294 e. The van der Waals surface area contributed by atoms with Crippen LogP contribution in [0, 0.1) is 74.2 Å². The Morgan fingerprint density at radius 1 is 0.268 bits per heavy atom. The van der Waals surface area contributed by atoms with Crippen LogP contribution in [0.5, 0.6) is 0 Å². The van der Waals surface area contributed by atoms with Gasteiger partial charge in [-0.1, -0.05) is 145 Å². The van der Waals surface area contributed by atoms with Gasteiger partial charge in [0, 0.05) is 92.3 Å². The molecular weight excluding hydrogens is 1610 g/mol. The van der Waals surface area contributed by atoms with E-state index in [1.54, 1.807) is 0 Å². The van der Waals surface area contributed by atoms with E-state index in [9.17, 15) is 35.1 Å². The highest BCUT2D eigenvalue weighted by Gasteiger charge is 2.33. The van der Waals surface area contributed by atoms with E-state index in [1.165, 1.54) is 46.6 Å². The molecule has 0 radical (unpaired) electrons. The maximum atomic E-state index is 14.6. The van der Waals surface area contributed by atoms with E-state index in [1.807, 2.05) is 219 Å². The number of halogens is 8. The number of hydrogen-bond donors (Lipinski definition) is 0. The van der Waals surface area contributed by atoms with Crippen molar-refractivity contribution < 1.29 is 71.1 Å². The summed E-state index contributed by atoms with van der Waals surface area (Å²) in [4.78, 5) is 0. The number of furan rings is 4. The molecule has 13 aromatic carbocycles. The lowest BCUT2D eigenvalue weighted by Gasteiger charge is -2.18. The number of imidazole rings is 4. The summed E-state index contributed by atoms with van der Waals surface area (Å²) in [6, 6.07) is 67.3. The average Bonchev–Trinajstić information content (AvgIpc) is 1.61. The van der Waals surface area contributed by atoms with Gasteiger partial charge in [0.1, 0.15) is 164 Å². The van der Waals surface area contributed by atoms with E-state index in [0.717, 1.165) is 120 Å². The third-order valence-electron chi connectivity index (χ3n) is 24.0. The molecular formula is C107H90F8N8O4+4. The predicted octanol–water partition coefficient (Wildman–Crippen LogP) is 26.9. The summed E-state index contributed by atoms with van der Waals surface area (Å²) in [6.07, 6.45) is 16.2. The minimum absolute atomic E-state index is 0.207. The van der Waals surface area contributed by atoms with E-state index in [4.69, 9.17) is 17.7 Å². The Bertz CT molecular complexity index is 7880. The van der Waals surface area contributed by atoms with Gasteiger partial charge in [-0.2, -0.15) is 18.3 Å². The highest BCUT2D eigenvalue weighted by Crippen LogP contribution is 2.44. The summed E-state index contributed by atoms with van der Waals surface area (Å²) in [5.41, 5.74) is 21.2. The monoisotopic (exact) mass is 1700 g/mol. The average molecular weight is 1700 g/mol. The highest BCUT2D eigenvalue weighted by atomic mass is 19.2. The van der Waals surface area contributed by atoms with E-state index in [0.29, 0.717) is 83.2 Å². The van der Waals surface area contributed by atoms with Crippen molar-refractivity contribution in [2.75, 3.05) is 0 Å². The SMILES string of the molecule is Cc1cc2c(cc1-c1n(-c3c(C(C)C)cccc3C(C)C)cc[n+]1C)oc1cc(F)cc(F)c12.Cc1cc2c(cc1-c1n(-c3ccccc3)cc[n+]1C)oc1cc(F)cc(F)c12.Cc1cc2c(cc1-c1n(-c3ccccc3-c3ccccc3)cc[n+]1C)oc1cc(F)cc(F)c12.Cc1cc2c(cc1-c1n(-c3ccccc3C(C)C)cc[n+]1C)oc1cc(F)cc(F)c12. The van der Waals surface area contributed by atoms with Crippen LogP contribution in [0.25, 0.3) is 167 Å². The first-order valence-corrected chi connectivity index (χ1v) is 42.1. The molecule has 0 bridgehead atoms. The Morgan fingerprint density at radius 2 is 0.559 bits per heavy atom. The van der Waals surface area contributed by atoms with Crippen LogP contribution in [-0.2, 0) is 28.2 Å². The zero-order valence-electron chi connectivity index (χ0n) is 72.4. The molecule has 634 valence electrons. The second-order valence-corrected chi connectivity index (χ2v) is 33.5. The Labute approximate surface area is 727 Å². The zero-order chi connectivity index (χ0) is 89.0. The molecule has 12 nitrogen and oxygen atoms in total. The molecule has 21 rings (SSSR count). The quantitative estimate of drug-likeness (QED) is 0.0901. The fourth-order valence-corrected chi connectivity index (χ4v) is 18.0. The molecule has 8 aromatic heterocycles. The molecule has 0 amide bonds. The summed E-state index contributed by atoms with van der Waals surface area (Å²) in [5, 5.41) is 3.84. The van der Waals surface area contributed by atoms with Gasteiger partial charge in [-0.05, 0) is 146 Å². The van der Waals surface area contributed by atoms with E-state index >= 15 is 0 Å². The van der Waals surface area contributed by atoms with Gasteiger partial charge >= 0.3 is 0 Å². The summed E-state index contributed by atoms with van der Waals surface area (Å²) >= 11 is 0. The Hall–Kier alpha value is -14.7. The second kappa shape index (κ2) is 33.1. The fourth-order valence-electron chi connectivity index (χ4n) is 18.0. The molecule has 0 aliphatic heterocycles. The van der Waals surface area contributed by atoms with Crippen LogP contribution in [0.1, 0.15) is 98.2 Å². The molecule has 0 fully saturated rings. The molecule has 0 atom stereocenters. The molecule has 20 heteroatoms. The summed E-state index contributed by atoms with van der Waals surface area (Å²) in [6.45, 7) is 21.2. The van der Waals surface area contributed by atoms with Crippen LogP contribution in [0.2, 0.25) is 0 Å². The van der Waals surface area contributed by atoms with Gasteiger partial charge in [0.05, 0.1) is 72.0 Å². The van der Waals surface area contributed by atoms with Crippen LogP contribution in [0.3, 0.4) is 0 Å². The third-order valence-corrected chi connectivity index (χ3v) is 24.0. The van der Waals surface area contributed by atoms with Crippen molar-refractivity contribution in [2.24, 2.45) is 28.2 Å². The standard InChI is InChI=1S/C29H21F2N2O.C29H29F2N2O.C26H23F2N2O.C23H17F2N2O/c1-18-14-23-26(34-27-16-20(30)15-24(31)28(23)27)17-22(18)29-32(2)12-13-33(29)25-11-7-6-10-21(25)19-8-4-3-5-9-19;1-16(2)20-8-7-9-21(17(3)4)28(20)33-11-10-32(6)29(33)22-15-25-23(12-18(22)5)27-24(31)13-19(30)14-26(27)34-25;1-15(2)18-7-5-6-8-22(18)30-10-9-29(4)26(30)19-14-23-20(11-16(19)3)25-21(28)12-17(27)13-24(25)31-23;1-14-10-18-20(28-21-12-15(24)11-19(25)22(18)21)13-17(14)23-26(2)8-9-27(23)16-6-4-3-5-7-16/h3-17H,1-2H3;7-17H,1-6H3;5-15H,1-4H3;3-13H,1-2H3/q4*+1. The molecule has 0 spiro atoms. The molecule has 0 aliphatic rings. The lowest BCUT2D eigenvalue weighted by Crippen LogP contribution is -2.29. The van der Waals surface area contributed by atoms with Crippen LogP contribution >= 0.6 is 0 Å². The van der Waals surface area contributed by atoms with Crippen LogP contribution < -0.4 is 18.3 Å². The second-order valence-electron chi connectivity index (χ2n) is 33.5. The lowest BCUT2D eigenvalue weighted by molar-refractivity contribution is -0.659. The molecule has 0 unspecified atom stereocenters. The topological polar surface area (TPSA) is 87.8 Å². The van der Waals surface area contributed by atoms with Crippen LogP contribution in [0.4, 0.5) is 35.1 Å². The van der Waals surface area contributed by atoms with Crippen molar-refractivity contribution in [1.82, 2.24) is 18.3 Å². The number of hydrogen-bond acceptors (Lipinski definition) is 4. The number of fused-ring (bicyclic) bond motifs is 12. The minimum atomic E-state index is -0.654. The smallest absolute Gasteiger partial charge is 0.294 e. The van der Waals surface area contributed by atoms with Gasteiger partial charge in [-0.25, -0.2) is 53.4 Å². The first kappa shape index (κ1) is 83.2. The summed E-state index contributed by atoms with van der Waals surface area (Å²) in [7, 11) is 8.00. The Balaban J connectivity index is 0.000000115. The van der Waals surface area contributed by atoms with Crippen molar-refractivity contribution in [3.63, 3.8) is 0 Å². The van der Waals surface area contributed by atoms with Gasteiger partial charge in [0.25, 0.3) is 23.3 Å². The van der Waals surface area contributed by atoms with Crippen LogP contribution in [0.15, 0.2) is 292 Å². The van der Waals surface area contributed by atoms with Crippen molar-refractivity contribution in [3.8, 4) is 79.4 Å². The molecule has 0 saturated heterocycles. The van der Waals surface area contributed by atoms with Crippen molar-refractivity contribution in [1.29, 1.82) is 0 Å². The minimum Gasteiger partial charge on any atom is -0.456 e. The van der Waals surface area contributed by atoms with E-state index in [2.05, 4.69) is 140 Å². The van der Waals surface area contributed by atoms with Gasteiger partial charge in [-0.15, -0.1) is 0 Å². The van der Waals surface area contributed by atoms with Crippen molar-refractivity contribution in [3.05, 3.63) is 360 Å². The maximum absolute atomic E-state index is 14.6. The number of nitrogens with zero attached hydrogens (tertiary/aromatic N) is 8. The van der Waals surface area contributed by atoms with Gasteiger partial charge in [-0.3, -0.25) is 0 Å². The normalized spacial score (nSPS) is 11.8. The summed E-state index contributed by atoms with van der Waals surface area (Å²) < 4.78 is 153. The van der Waals surface area contributed by atoms with Gasteiger partial charge < -0.3 is 17.7 Å². The largest absolute Gasteiger partial charge is 0.456 e. The van der Waals surface area contributed by atoms with Crippen molar-refractivity contribution >= 4 is 87.8 Å². The first-order chi connectivity index (χ1) is 61.0. The zero-order valence-corrected chi connectivity index (χ0v) is 72.4. The number of rotatable bonds is 12. The Morgan fingerprint density at radius 3 is 0.929 bits per heavy atom. The number of para-hydroxylation sites is 4. The van der Waals surface area contributed by atoms with Gasteiger partial charge in [0.2, 0.25) is 0 Å². The highest BCUT2D eigenvalue weighted by molar-refractivity contribution is 6.10. The van der Waals surface area contributed by atoms with Crippen molar-refractivity contribution in [2.45, 2.75) is 87.0 Å². The third kappa shape index (κ3) is 15.1. The van der Waals surface area contributed by atoms with E-state index < -0.39 is 46.5 Å². The van der Waals surface area contributed by atoms with Gasteiger partial charge in [0.15, 0.2) is 0 Å². The first-order valence-electron chi connectivity index (χ1n) is 42.1. The Kier molecular flexibility index (Phi) is 21.7. The summed E-state index contributed by atoms with van der Waals surface area (Å²) in [5.74, 6) is -0.0587. The fraction of sp³-hybridized carbons (Fsp3) is 0.159. The molecule has 0 aliphatic carbocycles. The number of aryl methyl sites for hydroxylation is 8. The number of aromatic nitrogens is 8.